The summed E-state index contributed by atoms with van der Waals surface area (Å²) in [6, 6.07) is 14.8. The summed E-state index contributed by atoms with van der Waals surface area (Å²) in [6.07, 6.45) is 1.87. The van der Waals surface area contributed by atoms with E-state index in [2.05, 4.69) is 27.3 Å². The van der Waals surface area contributed by atoms with Gasteiger partial charge in [0.25, 0.3) is 5.56 Å². The van der Waals surface area contributed by atoms with E-state index in [0.29, 0.717) is 45.4 Å². The normalized spacial score (nSPS) is 11.6. The van der Waals surface area contributed by atoms with Gasteiger partial charge in [0.1, 0.15) is 0 Å². The maximum atomic E-state index is 13.0. The molecule has 3 heterocycles. The van der Waals surface area contributed by atoms with E-state index in [0.717, 1.165) is 23.9 Å². The zero-order valence-electron chi connectivity index (χ0n) is 17.2. The van der Waals surface area contributed by atoms with Gasteiger partial charge in [0.05, 0.1) is 16.7 Å². The van der Waals surface area contributed by atoms with E-state index in [1.165, 1.54) is 11.8 Å². The number of thioether (sulfide) groups is 1. The Morgan fingerprint density at radius 2 is 2.00 bits per heavy atom. The molecule has 5 rings (SSSR count). The summed E-state index contributed by atoms with van der Waals surface area (Å²) in [5, 5.41) is 14.6. The molecule has 5 aromatic rings. The Morgan fingerprint density at radius 1 is 1.12 bits per heavy atom. The number of aryl methyl sites for hydroxylation is 1. The molecular formula is C22H19ClN6O2S. The molecule has 2 aromatic carbocycles. The maximum absolute atomic E-state index is 13.0. The van der Waals surface area contributed by atoms with Crippen molar-refractivity contribution in [3.63, 3.8) is 0 Å². The van der Waals surface area contributed by atoms with Crippen LogP contribution in [-0.4, -0.2) is 29.3 Å². The average Bonchev–Trinajstić information content (AvgIpc) is 3.45. The minimum Gasteiger partial charge on any atom is -0.338 e. The Bertz CT molecular complexity index is 1470. The summed E-state index contributed by atoms with van der Waals surface area (Å²) >= 11 is 7.48. The number of aromatic nitrogens is 6. The maximum Gasteiger partial charge on any atom is 0.262 e. The van der Waals surface area contributed by atoms with Crippen LogP contribution in [-0.2, 0) is 12.3 Å². The molecule has 0 atom stereocenters. The van der Waals surface area contributed by atoms with Gasteiger partial charge in [0.2, 0.25) is 17.5 Å². The molecule has 0 spiro atoms. The van der Waals surface area contributed by atoms with E-state index >= 15 is 0 Å². The Morgan fingerprint density at radius 3 is 2.84 bits per heavy atom. The van der Waals surface area contributed by atoms with Crippen LogP contribution in [0.3, 0.4) is 0 Å². The van der Waals surface area contributed by atoms with Crippen molar-refractivity contribution in [1.29, 1.82) is 0 Å². The molecule has 0 amide bonds. The average molecular weight is 467 g/mol. The van der Waals surface area contributed by atoms with Gasteiger partial charge in [-0.25, -0.2) is 0 Å². The second-order valence-corrected chi connectivity index (χ2v) is 8.64. The van der Waals surface area contributed by atoms with E-state index in [1.807, 2.05) is 40.8 Å². The summed E-state index contributed by atoms with van der Waals surface area (Å²) in [5.41, 5.74) is 1.52. The summed E-state index contributed by atoms with van der Waals surface area (Å²) in [4.78, 5) is 17.5. The first-order chi connectivity index (χ1) is 15.7. The van der Waals surface area contributed by atoms with Crippen molar-refractivity contribution in [3.05, 3.63) is 69.8 Å². The number of unbranched alkanes of at least 4 members (excludes halogenated alkanes) is 1. The van der Waals surface area contributed by atoms with Crippen molar-refractivity contribution in [2.45, 2.75) is 37.2 Å². The molecule has 0 aliphatic carbocycles. The van der Waals surface area contributed by atoms with Crippen LogP contribution < -0.4 is 5.56 Å². The van der Waals surface area contributed by atoms with Gasteiger partial charge in [0, 0.05) is 17.1 Å². The highest BCUT2D eigenvalue weighted by atomic mass is 35.5. The fraction of sp³-hybridized carbons (Fsp3) is 0.227. The lowest BCUT2D eigenvalue weighted by Crippen LogP contribution is -2.23. The molecule has 0 unspecified atom stereocenters. The lowest BCUT2D eigenvalue weighted by Gasteiger charge is -2.10. The Kier molecular flexibility index (Phi) is 5.67. The smallest absolute Gasteiger partial charge is 0.262 e. The predicted molar refractivity (Wildman–Crippen MR) is 124 cm³/mol. The lowest BCUT2D eigenvalue weighted by atomic mass is 10.2. The van der Waals surface area contributed by atoms with Crippen LogP contribution in [0.4, 0.5) is 0 Å². The molecule has 32 heavy (non-hydrogen) atoms. The van der Waals surface area contributed by atoms with Crippen LogP contribution in [0.5, 0.6) is 0 Å². The number of para-hydroxylation sites is 1. The fourth-order valence-electron chi connectivity index (χ4n) is 3.53. The first-order valence-corrected chi connectivity index (χ1v) is 11.6. The van der Waals surface area contributed by atoms with Gasteiger partial charge in [-0.3, -0.25) is 13.8 Å². The predicted octanol–water partition coefficient (Wildman–Crippen LogP) is 4.84. The minimum absolute atomic E-state index is 0.0476. The van der Waals surface area contributed by atoms with Gasteiger partial charge in [-0.05, 0) is 30.7 Å². The summed E-state index contributed by atoms with van der Waals surface area (Å²) in [5.74, 6) is 1.89. The Balaban J connectivity index is 1.49. The standard InChI is InChI=1S/C22H19ClN6O2S/c1-2-3-11-28-20(30)16-9-4-5-10-17(16)29-21(28)25-26-22(29)32-13-18-24-19(27-31-18)14-7-6-8-15(23)12-14/h4-10,12H,2-3,11,13H2,1H3. The molecule has 0 saturated heterocycles. The highest BCUT2D eigenvalue weighted by molar-refractivity contribution is 7.98. The van der Waals surface area contributed by atoms with Crippen molar-refractivity contribution < 1.29 is 4.52 Å². The van der Waals surface area contributed by atoms with E-state index in [9.17, 15) is 4.79 Å². The number of benzene rings is 2. The van der Waals surface area contributed by atoms with Crippen molar-refractivity contribution in [3.8, 4) is 11.4 Å². The van der Waals surface area contributed by atoms with E-state index < -0.39 is 0 Å². The number of hydrogen-bond donors (Lipinski definition) is 0. The summed E-state index contributed by atoms with van der Waals surface area (Å²) in [6.45, 7) is 2.69. The third-order valence-corrected chi connectivity index (χ3v) is 6.24. The molecule has 0 saturated carbocycles. The van der Waals surface area contributed by atoms with Crippen molar-refractivity contribution in [2.24, 2.45) is 0 Å². The molecule has 0 aliphatic heterocycles. The highest BCUT2D eigenvalue weighted by Crippen LogP contribution is 2.26. The van der Waals surface area contributed by atoms with Gasteiger partial charge in [-0.2, -0.15) is 4.98 Å². The third kappa shape index (κ3) is 3.78. The summed E-state index contributed by atoms with van der Waals surface area (Å²) < 4.78 is 9.04. The van der Waals surface area contributed by atoms with Crippen LogP contribution in [0.1, 0.15) is 25.7 Å². The molecule has 8 nitrogen and oxygen atoms in total. The quantitative estimate of drug-likeness (QED) is 0.317. The van der Waals surface area contributed by atoms with Crippen molar-refractivity contribution in [1.82, 2.24) is 29.3 Å². The molecule has 0 N–H and O–H groups in total. The Labute approximate surface area is 192 Å². The van der Waals surface area contributed by atoms with Gasteiger partial charge in [0.15, 0.2) is 5.16 Å². The Hall–Kier alpha value is -3.17. The number of nitrogens with zero attached hydrogens (tertiary/aromatic N) is 6. The highest BCUT2D eigenvalue weighted by Gasteiger charge is 2.18. The monoisotopic (exact) mass is 466 g/mol. The third-order valence-electron chi connectivity index (χ3n) is 5.09. The van der Waals surface area contributed by atoms with Crippen molar-refractivity contribution in [2.75, 3.05) is 0 Å². The van der Waals surface area contributed by atoms with Crippen LogP contribution in [0, 0.1) is 0 Å². The summed E-state index contributed by atoms with van der Waals surface area (Å²) in [7, 11) is 0. The molecule has 162 valence electrons. The molecule has 0 aliphatic rings. The van der Waals surface area contributed by atoms with E-state index in [1.54, 1.807) is 16.7 Å². The van der Waals surface area contributed by atoms with Gasteiger partial charge in [-0.15, -0.1) is 10.2 Å². The zero-order chi connectivity index (χ0) is 22.1. The van der Waals surface area contributed by atoms with Gasteiger partial charge < -0.3 is 4.52 Å². The molecular weight excluding hydrogens is 448 g/mol. The first kappa shape index (κ1) is 20.7. The molecule has 0 bridgehead atoms. The molecule has 0 fully saturated rings. The van der Waals surface area contributed by atoms with Crippen LogP contribution in [0.2, 0.25) is 5.02 Å². The molecule has 0 radical (unpaired) electrons. The van der Waals surface area contributed by atoms with Crippen LogP contribution >= 0.6 is 23.4 Å². The fourth-order valence-corrected chi connectivity index (χ4v) is 4.50. The largest absolute Gasteiger partial charge is 0.338 e. The van der Waals surface area contributed by atoms with E-state index in [-0.39, 0.29) is 5.56 Å². The van der Waals surface area contributed by atoms with Crippen molar-refractivity contribution >= 4 is 40.0 Å². The minimum atomic E-state index is -0.0476. The lowest BCUT2D eigenvalue weighted by molar-refractivity contribution is 0.391. The zero-order valence-corrected chi connectivity index (χ0v) is 18.8. The number of halogens is 1. The number of rotatable bonds is 7. The topological polar surface area (TPSA) is 91.1 Å². The number of hydrogen-bond acceptors (Lipinski definition) is 7. The second kappa shape index (κ2) is 8.76. The second-order valence-electron chi connectivity index (χ2n) is 7.26. The van der Waals surface area contributed by atoms with Gasteiger partial charge in [-0.1, -0.05) is 66.1 Å². The number of fused-ring (bicyclic) bond motifs is 3. The molecule has 10 heteroatoms. The SMILES string of the molecule is CCCCn1c(=O)c2ccccc2n2c(SCc3nc(-c4cccc(Cl)c4)no3)nnc12. The van der Waals surface area contributed by atoms with E-state index in [4.69, 9.17) is 16.1 Å². The molecule has 3 aromatic heterocycles. The first-order valence-electron chi connectivity index (χ1n) is 10.2. The van der Waals surface area contributed by atoms with Crippen LogP contribution in [0.25, 0.3) is 28.1 Å². The van der Waals surface area contributed by atoms with Crippen LogP contribution in [0.15, 0.2) is 63.0 Å². The van der Waals surface area contributed by atoms with Gasteiger partial charge >= 0.3 is 0 Å².